The number of carbonyl (C=O) groups excluding carboxylic acids is 1. The summed E-state index contributed by atoms with van der Waals surface area (Å²) in [7, 11) is -9.98. The molecule has 0 radical (unpaired) electrons. The monoisotopic (exact) mass is 491 g/mol. The van der Waals surface area contributed by atoms with Gasteiger partial charge in [0.15, 0.2) is 16.2 Å². The van der Waals surface area contributed by atoms with E-state index in [2.05, 4.69) is 0 Å². The molecule has 13 heteroatoms. The molecule has 0 saturated heterocycles. The molecule has 2 aromatic carbocycles. The van der Waals surface area contributed by atoms with Gasteiger partial charge in [0.1, 0.15) is 5.76 Å². The highest BCUT2D eigenvalue weighted by Crippen LogP contribution is 2.58. The Morgan fingerprint density at radius 2 is 1.70 bits per heavy atom. The number of rotatable bonds is 2. The SMILES string of the molecule is Nc1ccc2c(c1S(=O)(=O)O)OC1=C(S(=O)(=O)O)C(=[NH2+])C=CC1C21OC(=O)c2ccccc21. The first-order valence-electron chi connectivity index (χ1n) is 9.31. The molecule has 0 fully saturated rings. The molecule has 0 amide bonds. The van der Waals surface area contributed by atoms with Crippen LogP contribution >= 0.6 is 0 Å². The number of esters is 1. The van der Waals surface area contributed by atoms with Crippen LogP contribution in [0.25, 0.3) is 0 Å². The van der Waals surface area contributed by atoms with E-state index >= 15 is 0 Å². The lowest BCUT2D eigenvalue weighted by atomic mass is 9.71. The highest BCUT2D eigenvalue weighted by atomic mass is 32.2. The lowest BCUT2D eigenvalue weighted by Gasteiger charge is -2.42. The Labute approximate surface area is 187 Å². The third kappa shape index (κ3) is 2.80. The zero-order valence-corrected chi connectivity index (χ0v) is 18.1. The number of anilines is 1. The summed E-state index contributed by atoms with van der Waals surface area (Å²) in [5, 5.41) is 5.81. The maximum atomic E-state index is 12.8. The molecule has 2 aromatic rings. The van der Waals surface area contributed by atoms with Crippen molar-refractivity contribution in [1.29, 1.82) is 0 Å². The van der Waals surface area contributed by atoms with Crippen LogP contribution in [0.3, 0.4) is 0 Å². The summed E-state index contributed by atoms with van der Waals surface area (Å²) in [5.74, 6) is -2.98. The van der Waals surface area contributed by atoms with E-state index in [4.69, 9.17) is 20.6 Å². The van der Waals surface area contributed by atoms with Crippen molar-refractivity contribution in [1.82, 2.24) is 0 Å². The van der Waals surface area contributed by atoms with Crippen molar-refractivity contribution < 1.29 is 45.6 Å². The van der Waals surface area contributed by atoms with Crippen molar-refractivity contribution in [3.05, 3.63) is 75.9 Å². The maximum absolute atomic E-state index is 12.8. The second-order valence-electron chi connectivity index (χ2n) is 7.57. The third-order valence-corrected chi connectivity index (χ3v) is 7.64. The summed E-state index contributed by atoms with van der Waals surface area (Å²) >= 11 is 0. The molecule has 0 aromatic heterocycles. The van der Waals surface area contributed by atoms with Gasteiger partial charge < -0.3 is 15.2 Å². The normalized spacial score (nSPS) is 23.6. The largest absolute Gasteiger partial charge is 0.457 e. The van der Waals surface area contributed by atoms with Crippen molar-refractivity contribution in [3.63, 3.8) is 0 Å². The Balaban J connectivity index is 2.00. The summed E-state index contributed by atoms with van der Waals surface area (Å²) < 4.78 is 80.0. The minimum atomic E-state index is -5.00. The number of carbonyl (C=O) groups is 1. The standard InChI is InChI=1S/C20H14N2O9S2/c21-13-7-5-11-15(17(13)32(24,25)26)30-16-12(6-8-14(22)18(16)33(27,28)29)20(11)10-4-2-1-3-9(10)19(23)31-20/h1-8,11,21H,22H2,(H,24,25,26)(H,27,28,29)/p+1. The smallest absolute Gasteiger partial charge is 0.339 e. The summed E-state index contributed by atoms with van der Waals surface area (Å²) in [6.07, 6.45) is 2.63. The lowest BCUT2D eigenvalue weighted by molar-refractivity contribution is -0.111. The summed E-state index contributed by atoms with van der Waals surface area (Å²) in [6, 6.07) is 8.79. The van der Waals surface area contributed by atoms with Gasteiger partial charge in [0.25, 0.3) is 10.1 Å². The number of fused-ring (bicyclic) bond motifs is 6. The predicted octanol–water partition coefficient (Wildman–Crippen LogP) is -0.193. The molecule has 2 heterocycles. The average Bonchev–Trinajstić information content (AvgIpc) is 2.99. The van der Waals surface area contributed by atoms with E-state index in [-0.39, 0.29) is 16.7 Å². The number of hydrogen-bond acceptors (Lipinski definition) is 8. The number of hydrogen-bond donors (Lipinski definition) is 4. The minimum Gasteiger partial charge on any atom is -0.457 e. The molecule has 0 bridgehead atoms. The fraction of sp³-hybridized carbons (Fsp3) is 0.100. The number of allylic oxidation sites excluding steroid dienone is 2. The molecular weight excluding hydrogens is 476 g/mol. The van der Waals surface area contributed by atoms with Gasteiger partial charge >= 0.3 is 16.1 Å². The molecule has 2 atom stereocenters. The van der Waals surface area contributed by atoms with Crippen molar-refractivity contribution >= 4 is 37.6 Å². The first-order chi connectivity index (χ1) is 15.4. The topological polar surface area (TPSA) is 196 Å². The second kappa shape index (κ2) is 6.51. The van der Waals surface area contributed by atoms with Crippen LogP contribution < -0.4 is 15.9 Å². The third-order valence-electron chi connectivity index (χ3n) is 5.75. The van der Waals surface area contributed by atoms with E-state index in [1.165, 1.54) is 30.4 Å². The van der Waals surface area contributed by atoms with Gasteiger partial charge in [0, 0.05) is 17.2 Å². The van der Waals surface area contributed by atoms with Gasteiger partial charge in [-0.05, 0) is 18.2 Å². The Hall–Kier alpha value is -3.52. The zero-order valence-electron chi connectivity index (χ0n) is 16.4. The molecule has 5 rings (SSSR count). The molecule has 2 unspecified atom stereocenters. The van der Waals surface area contributed by atoms with E-state index in [0.717, 1.165) is 0 Å². The molecule has 1 aliphatic carbocycles. The van der Waals surface area contributed by atoms with E-state index in [1.54, 1.807) is 18.2 Å². The first-order valence-corrected chi connectivity index (χ1v) is 12.2. The Morgan fingerprint density at radius 3 is 2.36 bits per heavy atom. The summed E-state index contributed by atoms with van der Waals surface area (Å²) in [5.41, 5.74) is 3.63. The van der Waals surface area contributed by atoms with Crippen LogP contribution in [0.5, 0.6) is 5.75 Å². The van der Waals surface area contributed by atoms with E-state index < -0.39 is 70.4 Å². The summed E-state index contributed by atoms with van der Waals surface area (Å²) in [6.45, 7) is 0. The number of nitrogen functional groups attached to an aromatic ring is 1. The van der Waals surface area contributed by atoms with Gasteiger partial charge in [0.2, 0.25) is 10.6 Å². The van der Waals surface area contributed by atoms with Gasteiger partial charge in [-0.3, -0.25) is 14.5 Å². The van der Waals surface area contributed by atoms with Gasteiger partial charge in [-0.25, -0.2) is 4.79 Å². The van der Waals surface area contributed by atoms with Crippen LogP contribution in [0.2, 0.25) is 0 Å². The quantitative estimate of drug-likeness (QED) is 0.248. The molecule has 0 saturated carbocycles. The average molecular weight is 491 g/mol. The molecule has 170 valence electrons. The highest BCUT2D eigenvalue weighted by molar-refractivity contribution is 7.91. The van der Waals surface area contributed by atoms with Gasteiger partial charge in [-0.15, -0.1) is 0 Å². The Morgan fingerprint density at radius 1 is 1.00 bits per heavy atom. The molecule has 1 spiro atoms. The minimum absolute atomic E-state index is 0.00353. The lowest BCUT2D eigenvalue weighted by Crippen LogP contribution is -2.49. The number of benzene rings is 2. The van der Waals surface area contributed by atoms with Gasteiger partial charge in [-0.1, -0.05) is 24.3 Å². The van der Waals surface area contributed by atoms with Crippen LogP contribution in [0.15, 0.2) is 64.1 Å². The zero-order chi connectivity index (χ0) is 23.9. The highest BCUT2D eigenvalue weighted by Gasteiger charge is 2.60. The van der Waals surface area contributed by atoms with Crippen molar-refractivity contribution in [2.24, 2.45) is 5.92 Å². The second-order valence-corrected chi connectivity index (χ2v) is 10.3. The van der Waals surface area contributed by atoms with Crippen molar-refractivity contribution in [2.45, 2.75) is 10.5 Å². The molecule has 11 nitrogen and oxygen atoms in total. The summed E-state index contributed by atoms with van der Waals surface area (Å²) in [4.78, 5) is 11.1. The Kier molecular flexibility index (Phi) is 4.21. The number of nitrogens with two attached hydrogens (primary N) is 2. The van der Waals surface area contributed by atoms with E-state index in [9.17, 15) is 30.7 Å². The van der Waals surface area contributed by atoms with E-state index in [1.807, 2.05) is 0 Å². The molecule has 2 aliphatic heterocycles. The van der Waals surface area contributed by atoms with Crippen LogP contribution in [-0.2, 0) is 30.6 Å². The maximum Gasteiger partial charge on any atom is 0.339 e. The first kappa shape index (κ1) is 21.3. The van der Waals surface area contributed by atoms with E-state index in [0.29, 0.717) is 0 Å². The molecule has 6 N–H and O–H groups in total. The van der Waals surface area contributed by atoms with Crippen molar-refractivity contribution in [3.8, 4) is 5.75 Å². The molecule has 3 aliphatic rings. The Bertz CT molecular complexity index is 1570. The van der Waals surface area contributed by atoms with Crippen LogP contribution in [-0.4, -0.2) is 37.6 Å². The fourth-order valence-corrected chi connectivity index (χ4v) is 6.08. The van der Waals surface area contributed by atoms with Crippen LogP contribution in [0.1, 0.15) is 21.5 Å². The molecular formula is C20H15N2O9S2+. The van der Waals surface area contributed by atoms with Crippen molar-refractivity contribution in [2.75, 3.05) is 5.73 Å². The fourth-order valence-electron chi connectivity index (χ4n) is 4.54. The van der Waals surface area contributed by atoms with Gasteiger partial charge in [0.05, 0.1) is 17.2 Å². The van der Waals surface area contributed by atoms with Crippen LogP contribution in [0, 0.1) is 5.92 Å². The van der Waals surface area contributed by atoms with Crippen LogP contribution in [0.4, 0.5) is 5.69 Å². The predicted molar refractivity (Wildman–Crippen MR) is 112 cm³/mol. The number of ether oxygens (including phenoxy) is 2. The molecule has 33 heavy (non-hydrogen) atoms. The van der Waals surface area contributed by atoms with Gasteiger partial charge in [-0.2, -0.15) is 16.8 Å².